The van der Waals surface area contributed by atoms with E-state index in [2.05, 4.69) is 42.6 Å². The van der Waals surface area contributed by atoms with Gasteiger partial charge in [-0.3, -0.25) is 0 Å². The molecule has 2 rings (SSSR count). The van der Waals surface area contributed by atoms with Gasteiger partial charge in [-0.1, -0.05) is 30.3 Å². The van der Waals surface area contributed by atoms with Crippen LogP contribution in [0, 0.1) is 0 Å². The Morgan fingerprint density at radius 3 is 2.58 bits per heavy atom. The Kier molecular flexibility index (Phi) is 1.89. The zero-order valence-electron chi connectivity index (χ0n) is 7.51. The van der Waals surface area contributed by atoms with Crippen LogP contribution in [-0.4, -0.2) is 12.1 Å². The molecule has 1 aromatic carbocycles. The van der Waals surface area contributed by atoms with Crippen molar-refractivity contribution in [2.24, 2.45) is 0 Å². The molecule has 1 nitrogen and oxygen atoms in total. The first-order valence-corrected chi connectivity index (χ1v) is 4.57. The van der Waals surface area contributed by atoms with Crippen LogP contribution in [0.1, 0.15) is 18.9 Å². The van der Waals surface area contributed by atoms with Crippen LogP contribution >= 0.6 is 0 Å². The van der Waals surface area contributed by atoms with E-state index in [0.29, 0.717) is 5.54 Å². The van der Waals surface area contributed by atoms with Crippen molar-refractivity contribution in [2.75, 3.05) is 6.54 Å². The Balaban J connectivity index is 1.88. The van der Waals surface area contributed by atoms with Gasteiger partial charge in [0.2, 0.25) is 0 Å². The molecule has 0 bridgehead atoms. The molecule has 0 aromatic heterocycles. The average molecular weight is 161 g/mol. The summed E-state index contributed by atoms with van der Waals surface area (Å²) >= 11 is 0. The Hall–Kier alpha value is -0.820. The summed E-state index contributed by atoms with van der Waals surface area (Å²) in [5.74, 6) is 0. The molecule has 1 saturated heterocycles. The monoisotopic (exact) mass is 161 g/mol. The highest BCUT2D eigenvalue weighted by Gasteiger charge is 2.35. The first kappa shape index (κ1) is 7.81. The van der Waals surface area contributed by atoms with Gasteiger partial charge < -0.3 is 5.32 Å². The third-order valence-electron chi connectivity index (χ3n) is 2.59. The zero-order chi connectivity index (χ0) is 8.44. The van der Waals surface area contributed by atoms with Crippen LogP contribution in [0.2, 0.25) is 0 Å². The van der Waals surface area contributed by atoms with Gasteiger partial charge in [-0.05, 0) is 25.3 Å². The van der Waals surface area contributed by atoms with Gasteiger partial charge in [0.05, 0.1) is 0 Å². The standard InChI is InChI=1S/C11H15N/c1-11(9-12-11)8-7-10-5-3-2-4-6-10/h2-6,12H,7-9H2,1H3/t11-/m0/s1. The SMILES string of the molecule is C[C@]1(CCc2ccccc2)CN1. The minimum Gasteiger partial charge on any atom is -0.308 e. The second kappa shape index (κ2) is 2.91. The predicted octanol–water partition coefficient (Wildman–Crippen LogP) is 1.98. The van der Waals surface area contributed by atoms with Gasteiger partial charge in [0.15, 0.2) is 0 Å². The van der Waals surface area contributed by atoms with E-state index in [1.54, 1.807) is 0 Å². The van der Waals surface area contributed by atoms with Gasteiger partial charge in [-0.25, -0.2) is 0 Å². The van der Waals surface area contributed by atoms with Gasteiger partial charge in [0.25, 0.3) is 0 Å². The van der Waals surface area contributed by atoms with Crippen LogP contribution in [0.15, 0.2) is 30.3 Å². The molecule has 1 fully saturated rings. The molecule has 0 spiro atoms. The van der Waals surface area contributed by atoms with Crippen LogP contribution in [0.5, 0.6) is 0 Å². The molecule has 0 amide bonds. The smallest absolute Gasteiger partial charge is 0.0282 e. The Morgan fingerprint density at radius 2 is 2.00 bits per heavy atom. The quantitative estimate of drug-likeness (QED) is 0.673. The highest BCUT2D eigenvalue weighted by molar-refractivity contribution is 5.16. The maximum atomic E-state index is 3.38. The molecule has 1 atom stereocenters. The fourth-order valence-electron chi connectivity index (χ4n) is 1.39. The maximum absolute atomic E-state index is 3.38. The molecule has 1 aliphatic rings. The summed E-state index contributed by atoms with van der Waals surface area (Å²) in [6, 6.07) is 10.7. The van der Waals surface area contributed by atoms with Crippen molar-refractivity contribution in [3.8, 4) is 0 Å². The summed E-state index contributed by atoms with van der Waals surface area (Å²) < 4.78 is 0. The summed E-state index contributed by atoms with van der Waals surface area (Å²) in [5.41, 5.74) is 1.91. The van der Waals surface area contributed by atoms with Crippen molar-refractivity contribution in [3.63, 3.8) is 0 Å². The van der Waals surface area contributed by atoms with E-state index in [-0.39, 0.29) is 0 Å². The number of benzene rings is 1. The highest BCUT2D eigenvalue weighted by atomic mass is 15.1. The van der Waals surface area contributed by atoms with E-state index < -0.39 is 0 Å². The molecule has 1 aliphatic heterocycles. The largest absolute Gasteiger partial charge is 0.308 e. The van der Waals surface area contributed by atoms with Gasteiger partial charge in [0.1, 0.15) is 0 Å². The van der Waals surface area contributed by atoms with Crippen molar-refractivity contribution in [3.05, 3.63) is 35.9 Å². The molecule has 0 saturated carbocycles. The normalized spacial score (nSPS) is 27.1. The molecule has 1 N–H and O–H groups in total. The molecule has 64 valence electrons. The molecule has 0 aliphatic carbocycles. The van der Waals surface area contributed by atoms with Crippen LogP contribution in [0.25, 0.3) is 0 Å². The second-order valence-electron chi connectivity index (χ2n) is 3.90. The highest BCUT2D eigenvalue weighted by Crippen LogP contribution is 2.22. The molecule has 1 heterocycles. The molecule has 0 unspecified atom stereocenters. The van der Waals surface area contributed by atoms with Crippen molar-refractivity contribution in [1.82, 2.24) is 5.32 Å². The summed E-state index contributed by atoms with van der Waals surface area (Å²) in [6.45, 7) is 3.48. The Morgan fingerprint density at radius 1 is 1.33 bits per heavy atom. The lowest BCUT2D eigenvalue weighted by molar-refractivity contribution is 0.625. The summed E-state index contributed by atoms with van der Waals surface area (Å²) in [5, 5.41) is 3.38. The number of aryl methyl sites for hydroxylation is 1. The van der Waals surface area contributed by atoms with E-state index in [9.17, 15) is 0 Å². The van der Waals surface area contributed by atoms with E-state index in [4.69, 9.17) is 0 Å². The van der Waals surface area contributed by atoms with E-state index in [1.165, 1.54) is 24.9 Å². The van der Waals surface area contributed by atoms with Crippen LogP contribution in [0.3, 0.4) is 0 Å². The predicted molar refractivity (Wildman–Crippen MR) is 51.2 cm³/mol. The van der Waals surface area contributed by atoms with E-state index in [1.807, 2.05) is 0 Å². The number of hydrogen-bond acceptors (Lipinski definition) is 1. The third kappa shape index (κ3) is 1.86. The minimum atomic E-state index is 0.454. The Bertz CT molecular complexity index is 249. The first-order valence-electron chi connectivity index (χ1n) is 4.57. The molecule has 1 aromatic rings. The minimum absolute atomic E-state index is 0.454. The number of hydrogen-bond donors (Lipinski definition) is 1. The van der Waals surface area contributed by atoms with Crippen LogP contribution < -0.4 is 5.32 Å². The van der Waals surface area contributed by atoms with Gasteiger partial charge in [-0.2, -0.15) is 0 Å². The number of nitrogens with one attached hydrogen (secondary N) is 1. The summed E-state index contributed by atoms with van der Waals surface area (Å²) in [7, 11) is 0. The third-order valence-corrected chi connectivity index (χ3v) is 2.59. The first-order chi connectivity index (χ1) is 5.79. The van der Waals surface area contributed by atoms with Crippen molar-refractivity contribution in [1.29, 1.82) is 0 Å². The molecular formula is C11H15N. The fraction of sp³-hybridized carbons (Fsp3) is 0.455. The maximum Gasteiger partial charge on any atom is 0.0282 e. The van der Waals surface area contributed by atoms with Gasteiger partial charge in [-0.15, -0.1) is 0 Å². The molecule has 0 radical (unpaired) electrons. The lowest BCUT2D eigenvalue weighted by Gasteiger charge is -2.05. The van der Waals surface area contributed by atoms with Gasteiger partial charge in [0, 0.05) is 12.1 Å². The van der Waals surface area contributed by atoms with E-state index in [0.717, 1.165) is 0 Å². The fourth-order valence-corrected chi connectivity index (χ4v) is 1.39. The Labute approximate surface area is 73.8 Å². The molecular weight excluding hydrogens is 146 g/mol. The zero-order valence-corrected chi connectivity index (χ0v) is 7.51. The van der Waals surface area contributed by atoms with E-state index >= 15 is 0 Å². The summed E-state index contributed by atoms with van der Waals surface area (Å²) in [4.78, 5) is 0. The van der Waals surface area contributed by atoms with Crippen LogP contribution in [-0.2, 0) is 6.42 Å². The van der Waals surface area contributed by atoms with Crippen molar-refractivity contribution < 1.29 is 0 Å². The lowest BCUT2D eigenvalue weighted by Crippen LogP contribution is -2.10. The summed E-state index contributed by atoms with van der Waals surface area (Å²) in [6.07, 6.45) is 2.46. The van der Waals surface area contributed by atoms with Crippen molar-refractivity contribution in [2.45, 2.75) is 25.3 Å². The topological polar surface area (TPSA) is 21.9 Å². The average Bonchev–Trinajstić information content (AvgIpc) is 2.84. The van der Waals surface area contributed by atoms with Crippen LogP contribution in [0.4, 0.5) is 0 Å². The van der Waals surface area contributed by atoms with Crippen molar-refractivity contribution >= 4 is 0 Å². The number of rotatable bonds is 3. The second-order valence-corrected chi connectivity index (χ2v) is 3.90. The molecule has 1 heteroatoms. The molecule has 12 heavy (non-hydrogen) atoms. The lowest BCUT2D eigenvalue weighted by atomic mass is 10.0. The van der Waals surface area contributed by atoms with Gasteiger partial charge >= 0.3 is 0 Å².